The van der Waals surface area contributed by atoms with Gasteiger partial charge in [0.2, 0.25) is 5.91 Å². The standard InChI is InChI=1S/C14H19BrN2O2/c1-9-5-11(15)6-10(2)14(9)17-13(18)7-12-8-16-3-4-19-12/h5-6,12,16H,3-4,7-8H2,1-2H3,(H,17,18). The summed E-state index contributed by atoms with van der Waals surface area (Å²) in [5.41, 5.74) is 3.02. The summed E-state index contributed by atoms with van der Waals surface area (Å²) in [7, 11) is 0. The third kappa shape index (κ3) is 4.03. The van der Waals surface area contributed by atoms with E-state index in [-0.39, 0.29) is 12.0 Å². The van der Waals surface area contributed by atoms with Crippen LogP contribution in [0.1, 0.15) is 17.5 Å². The van der Waals surface area contributed by atoms with Crippen molar-refractivity contribution in [1.29, 1.82) is 0 Å². The van der Waals surface area contributed by atoms with Gasteiger partial charge in [-0.1, -0.05) is 15.9 Å². The Morgan fingerprint density at radius 1 is 1.47 bits per heavy atom. The number of aryl methyl sites for hydroxylation is 2. The van der Waals surface area contributed by atoms with Gasteiger partial charge in [-0.3, -0.25) is 4.79 Å². The van der Waals surface area contributed by atoms with Crippen LogP contribution in [0.5, 0.6) is 0 Å². The molecule has 1 fully saturated rings. The summed E-state index contributed by atoms with van der Waals surface area (Å²) in [6, 6.07) is 4.00. The number of carbonyl (C=O) groups is 1. The van der Waals surface area contributed by atoms with E-state index in [1.165, 1.54) is 0 Å². The highest BCUT2D eigenvalue weighted by Crippen LogP contribution is 2.25. The molecule has 5 heteroatoms. The van der Waals surface area contributed by atoms with Crippen LogP contribution in [0.3, 0.4) is 0 Å². The van der Waals surface area contributed by atoms with Gasteiger partial charge in [0.25, 0.3) is 0 Å². The molecule has 1 aromatic carbocycles. The molecule has 1 aliphatic heterocycles. The van der Waals surface area contributed by atoms with Crippen LogP contribution in [0.2, 0.25) is 0 Å². The van der Waals surface area contributed by atoms with E-state index in [1.54, 1.807) is 0 Å². The molecule has 1 aromatic rings. The Labute approximate surface area is 122 Å². The van der Waals surface area contributed by atoms with Crippen molar-refractivity contribution in [2.45, 2.75) is 26.4 Å². The molecule has 1 amide bonds. The molecule has 1 heterocycles. The Kier molecular flexibility index (Phi) is 4.96. The zero-order chi connectivity index (χ0) is 13.8. The monoisotopic (exact) mass is 326 g/mol. The number of amides is 1. The average molecular weight is 327 g/mol. The topological polar surface area (TPSA) is 50.4 Å². The zero-order valence-corrected chi connectivity index (χ0v) is 12.8. The van der Waals surface area contributed by atoms with E-state index in [2.05, 4.69) is 26.6 Å². The van der Waals surface area contributed by atoms with E-state index >= 15 is 0 Å². The second-order valence-electron chi connectivity index (χ2n) is 4.86. The summed E-state index contributed by atoms with van der Waals surface area (Å²) >= 11 is 3.45. The van der Waals surface area contributed by atoms with E-state index in [0.29, 0.717) is 13.0 Å². The first-order chi connectivity index (χ1) is 9.06. The summed E-state index contributed by atoms with van der Waals surface area (Å²) in [6.45, 7) is 6.27. The smallest absolute Gasteiger partial charge is 0.227 e. The third-order valence-corrected chi connectivity index (χ3v) is 3.64. The molecule has 0 aromatic heterocycles. The lowest BCUT2D eigenvalue weighted by atomic mass is 10.1. The Hall–Kier alpha value is -0.910. The molecule has 0 bridgehead atoms. The molecule has 1 unspecified atom stereocenters. The van der Waals surface area contributed by atoms with Gasteiger partial charge in [-0.2, -0.15) is 0 Å². The van der Waals surface area contributed by atoms with Crippen molar-refractivity contribution < 1.29 is 9.53 Å². The van der Waals surface area contributed by atoms with Crippen LogP contribution in [-0.4, -0.2) is 31.7 Å². The molecule has 1 atom stereocenters. The molecule has 104 valence electrons. The SMILES string of the molecule is Cc1cc(Br)cc(C)c1NC(=O)CC1CNCCO1. The maximum atomic E-state index is 12.0. The van der Waals surface area contributed by atoms with Gasteiger partial charge in [-0.25, -0.2) is 0 Å². The summed E-state index contributed by atoms with van der Waals surface area (Å²) in [6.07, 6.45) is 0.367. The summed E-state index contributed by atoms with van der Waals surface area (Å²) in [5, 5.41) is 6.21. The fraction of sp³-hybridized carbons (Fsp3) is 0.500. The molecule has 19 heavy (non-hydrogen) atoms. The average Bonchev–Trinajstić information content (AvgIpc) is 2.35. The predicted octanol–water partition coefficient (Wildman–Crippen LogP) is 2.38. The van der Waals surface area contributed by atoms with Crippen molar-refractivity contribution in [2.75, 3.05) is 25.0 Å². The van der Waals surface area contributed by atoms with Crippen LogP contribution in [0, 0.1) is 13.8 Å². The van der Waals surface area contributed by atoms with E-state index < -0.39 is 0 Å². The largest absolute Gasteiger partial charge is 0.375 e. The van der Waals surface area contributed by atoms with Crippen LogP contribution in [0.25, 0.3) is 0 Å². The first-order valence-corrected chi connectivity index (χ1v) is 7.24. The summed E-state index contributed by atoms with van der Waals surface area (Å²) in [5.74, 6) is 0.00206. The van der Waals surface area contributed by atoms with Crippen molar-refractivity contribution in [2.24, 2.45) is 0 Å². The Bertz CT molecular complexity index is 448. The maximum Gasteiger partial charge on any atom is 0.227 e. The summed E-state index contributed by atoms with van der Waals surface area (Å²) in [4.78, 5) is 12.0. The van der Waals surface area contributed by atoms with Crippen LogP contribution in [0.4, 0.5) is 5.69 Å². The van der Waals surface area contributed by atoms with E-state index in [9.17, 15) is 4.79 Å². The number of carbonyl (C=O) groups excluding carboxylic acids is 1. The molecule has 0 aliphatic carbocycles. The van der Waals surface area contributed by atoms with Gasteiger partial charge in [0.15, 0.2) is 0 Å². The third-order valence-electron chi connectivity index (χ3n) is 3.18. The minimum absolute atomic E-state index is 0.00206. The molecule has 1 aliphatic rings. The van der Waals surface area contributed by atoms with Crippen LogP contribution >= 0.6 is 15.9 Å². The quantitative estimate of drug-likeness (QED) is 0.896. The second kappa shape index (κ2) is 6.50. The zero-order valence-electron chi connectivity index (χ0n) is 11.3. The van der Waals surface area contributed by atoms with E-state index in [4.69, 9.17) is 4.74 Å². The molecular weight excluding hydrogens is 308 g/mol. The predicted molar refractivity (Wildman–Crippen MR) is 79.5 cm³/mol. The number of nitrogens with one attached hydrogen (secondary N) is 2. The van der Waals surface area contributed by atoms with Crippen molar-refractivity contribution >= 4 is 27.5 Å². The lowest BCUT2D eigenvalue weighted by Gasteiger charge is -2.23. The van der Waals surface area contributed by atoms with Crippen LogP contribution < -0.4 is 10.6 Å². The number of anilines is 1. The number of rotatable bonds is 3. The lowest BCUT2D eigenvalue weighted by molar-refractivity contribution is -0.119. The number of morpholine rings is 1. The molecule has 0 spiro atoms. The van der Waals surface area contributed by atoms with Gasteiger partial charge in [0, 0.05) is 23.2 Å². The van der Waals surface area contributed by atoms with Crippen molar-refractivity contribution in [1.82, 2.24) is 5.32 Å². The summed E-state index contributed by atoms with van der Waals surface area (Å²) < 4.78 is 6.56. The van der Waals surface area contributed by atoms with Crippen LogP contribution in [-0.2, 0) is 9.53 Å². The molecule has 4 nitrogen and oxygen atoms in total. The number of hydrogen-bond acceptors (Lipinski definition) is 3. The molecular formula is C14H19BrN2O2. The second-order valence-corrected chi connectivity index (χ2v) is 5.78. The van der Waals surface area contributed by atoms with E-state index in [0.717, 1.165) is 34.4 Å². The molecule has 2 N–H and O–H groups in total. The maximum absolute atomic E-state index is 12.0. The Morgan fingerprint density at radius 2 is 2.16 bits per heavy atom. The fourth-order valence-corrected chi connectivity index (χ4v) is 2.94. The number of benzene rings is 1. The Balaban J connectivity index is 1.98. The number of halogens is 1. The minimum Gasteiger partial charge on any atom is -0.375 e. The van der Waals surface area contributed by atoms with Crippen molar-refractivity contribution in [3.63, 3.8) is 0 Å². The lowest BCUT2D eigenvalue weighted by Crippen LogP contribution is -2.40. The Morgan fingerprint density at radius 3 is 2.74 bits per heavy atom. The van der Waals surface area contributed by atoms with Crippen molar-refractivity contribution in [3.8, 4) is 0 Å². The van der Waals surface area contributed by atoms with Crippen LogP contribution in [0.15, 0.2) is 16.6 Å². The molecule has 0 radical (unpaired) electrons. The molecule has 1 saturated heterocycles. The van der Waals surface area contributed by atoms with Gasteiger partial charge in [-0.15, -0.1) is 0 Å². The first-order valence-electron chi connectivity index (χ1n) is 6.45. The normalized spacial score (nSPS) is 19.2. The fourth-order valence-electron chi connectivity index (χ4n) is 2.26. The van der Waals surface area contributed by atoms with Gasteiger partial charge < -0.3 is 15.4 Å². The van der Waals surface area contributed by atoms with E-state index in [1.807, 2.05) is 26.0 Å². The van der Waals surface area contributed by atoms with Gasteiger partial charge >= 0.3 is 0 Å². The number of hydrogen-bond donors (Lipinski definition) is 2. The minimum atomic E-state index is -0.0233. The van der Waals surface area contributed by atoms with Gasteiger partial charge in [0.05, 0.1) is 19.1 Å². The highest BCUT2D eigenvalue weighted by atomic mass is 79.9. The van der Waals surface area contributed by atoms with Crippen molar-refractivity contribution in [3.05, 3.63) is 27.7 Å². The number of ether oxygens (including phenoxy) is 1. The highest BCUT2D eigenvalue weighted by molar-refractivity contribution is 9.10. The van der Waals surface area contributed by atoms with Gasteiger partial charge in [0.1, 0.15) is 0 Å². The first kappa shape index (κ1) is 14.5. The highest BCUT2D eigenvalue weighted by Gasteiger charge is 2.18. The molecule has 2 rings (SSSR count). The van der Waals surface area contributed by atoms with Gasteiger partial charge in [-0.05, 0) is 37.1 Å². The molecule has 0 saturated carbocycles.